The number of unbranched alkanes of at least 4 members (excludes halogenated alkanes) is 1. The summed E-state index contributed by atoms with van der Waals surface area (Å²) in [5.41, 5.74) is 3.97. The van der Waals surface area contributed by atoms with E-state index >= 15 is 0 Å². The Labute approximate surface area is 108 Å². The minimum Gasteiger partial charge on any atom is -0.352 e. The number of anilines is 1. The molecule has 5 heteroatoms. The van der Waals surface area contributed by atoms with Crippen molar-refractivity contribution in [2.45, 2.75) is 12.8 Å². The molecule has 1 rings (SSSR count). The predicted octanol–water partition coefficient (Wildman–Crippen LogP) is 1.04. The van der Waals surface area contributed by atoms with Crippen LogP contribution in [0.15, 0.2) is 24.3 Å². The summed E-state index contributed by atoms with van der Waals surface area (Å²) in [5.74, 6) is 5.22. The Morgan fingerprint density at radius 1 is 1.22 bits per heavy atom. The molecule has 0 radical (unpaired) electrons. The van der Waals surface area contributed by atoms with Crippen LogP contribution in [0.1, 0.15) is 23.2 Å². The van der Waals surface area contributed by atoms with E-state index in [1.165, 1.54) is 0 Å². The minimum atomic E-state index is -0.0385. The fraction of sp³-hybridized carbons (Fsp3) is 0.462. The van der Waals surface area contributed by atoms with Crippen LogP contribution in [0.4, 0.5) is 5.69 Å². The van der Waals surface area contributed by atoms with Crippen molar-refractivity contribution in [3.05, 3.63) is 29.8 Å². The number of amides is 1. The van der Waals surface area contributed by atoms with E-state index in [0.29, 0.717) is 12.1 Å². The van der Waals surface area contributed by atoms with E-state index in [1.807, 2.05) is 14.1 Å². The maximum atomic E-state index is 11.8. The Hall–Kier alpha value is -1.59. The van der Waals surface area contributed by atoms with Gasteiger partial charge in [-0.15, -0.1) is 0 Å². The highest BCUT2D eigenvalue weighted by molar-refractivity contribution is 5.94. The number of hydrazine groups is 1. The molecule has 0 unspecified atom stereocenters. The van der Waals surface area contributed by atoms with Gasteiger partial charge in [-0.25, -0.2) is 0 Å². The van der Waals surface area contributed by atoms with Crippen molar-refractivity contribution >= 4 is 11.6 Å². The summed E-state index contributed by atoms with van der Waals surface area (Å²) in [5, 5.41) is 2.90. The van der Waals surface area contributed by atoms with Crippen molar-refractivity contribution in [1.82, 2.24) is 10.2 Å². The quantitative estimate of drug-likeness (QED) is 0.384. The summed E-state index contributed by atoms with van der Waals surface area (Å²) >= 11 is 0. The van der Waals surface area contributed by atoms with Gasteiger partial charge in [0.25, 0.3) is 5.91 Å². The number of nitrogen functional groups attached to an aromatic ring is 1. The fourth-order valence-electron chi connectivity index (χ4n) is 1.57. The molecule has 0 atom stereocenters. The minimum absolute atomic E-state index is 0.0385. The van der Waals surface area contributed by atoms with Gasteiger partial charge in [-0.05, 0) is 57.7 Å². The standard InChI is InChI=1S/C13H22N4O/c1-17(2)10-4-3-9-15-13(18)11-5-7-12(16-14)8-6-11/h5-8,16H,3-4,9-10,14H2,1-2H3,(H,15,18). The van der Waals surface area contributed by atoms with Crippen molar-refractivity contribution in [1.29, 1.82) is 0 Å². The Bertz CT molecular complexity index is 362. The summed E-state index contributed by atoms with van der Waals surface area (Å²) in [6.07, 6.45) is 2.08. The van der Waals surface area contributed by atoms with Gasteiger partial charge in [0, 0.05) is 17.8 Å². The first kappa shape index (κ1) is 14.5. The topological polar surface area (TPSA) is 70.4 Å². The molecule has 0 bridgehead atoms. The van der Waals surface area contributed by atoms with Crippen LogP contribution in [0, 0.1) is 0 Å². The third-order valence-corrected chi connectivity index (χ3v) is 2.63. The molecule has 0 spiro atoms. The van der Waals surface area contributed by atoms with E-state index in [0.717, 1.165) is 25.1 Å². The summed E-state index contributed by atoms with van der Waals surface area (Å²) in [6.45, 7) is 1.76. The zero-order valence-corrected chi connectivity index (χ0v) is 11.1. The third-order valence-electron chi connectivity index (χ3n) is 2.63. The maximum Gasteiger partial charge on any atom is 0.251 e. The van der Waals surface area contributed by atoms with Gasteiger partial charge in [0.2, 0.25) is 0 Å². The van der Waals surface area contributed by atoms with Crippen molar-refractivity contribution in [3.63, 3.8) is 0 Å². The van der Waals surface area contributed by atoms with Gasteiger partial charge in [-0.1, -0.05) is 0 Å². The second-order valence-electron chi connectivity index (χ2n) is 4.49. The molecule has 1 aromatic carbocycles. The Morgan fingerprint density at radius 3 is 2.44 bits per heavy atom. The number of hydrogen-bond donors (Lipinski definition) is 3. The van der Waals surface area contributed by atoms with E-state index in [2.05, 4.69) is 15.6 Å². The molecule has 0 heterocycles. The summed E-state index contributed by atoms with van der Waals surface area (Å²) in [6, 6.07) is 7.07. The van der Waals surface area contributed by atoms with Crippen LogP contribution in [-0.2, 0) is 0 Å². The Kier molecular flexibility index (Phi) is 6.18. The lowest BCUT2D eigenvalue weighted by Crippen LogP contribution is -2.25. The van der Waals surface area contributed by atoms with Gasteiger partial charge < -0.3 is 15.6 Å². The highest BCUT2D eigenvalue weighted by atomic mass is 16.1. The lowest BCUT2D eigenvalue weighted by Gasteiger charge is -2.09. The van der Waals surface area contributed by atoms with Crippen molar-refractivity contribution < 1.29 is 4.79 Å². The molecule has 0 saturated heterocycles. The number of hydrogen-bond acceptors (Lipinski definition) is 4. The molecule has 0 aliphatic rings. The number of carbonyl (C=O) groups excluding carboxylic acids is 1. The summed E-state index contributed by atoms with van der Waals surface area (Å²) in [4.78, 5) is 13.9. The number of carbonyl (C=O) groups is 1. The number of benzene rings is 1. The van der Waals surface area contributed by atoms with Crippen molar-refractivity contribution in [2.24, 2.45) is 5.84 Å². The first-order chi connectivity index (χ1) is 8.63. The van der Waals surface area contributed by atoms with Gasteiger partial charge in [0.1, 0.15) is 0 Å². The molecule has 0 fully saturated rings. The molecule has 1 amide bonds. The molecule has 0 aliphatic heterocycles. The van der Waals surface area contributed by atoms with E-state index in [9.17, 15) is 4.79 Å². The summed E-state index contributed by atoms with van der Waals surface area (Å²) in [7, 11) is 4.09. The molecule has 0 saturated carbocycles. The number of rotatable bonds is 7. The highest BCUT2D eigenvalue weighted by Gasteiger charge is 2.03. The van der Waals surface area contributed by atoms with Crippen molar-refractivity contribution in [3.8, 4) is 0 Å². The molecule has 0 aliphatic carbocycles. The predicted molar refractivity (Wildman–Crippen MR) is 74.4 cm³/mol. The first-order valence-electron chi connectivity index (χ1n) is 6.13. The zero-order valence-electron chi connectivity index (χ0n) is 11.1. The van der Waals surface area contributed by atoms with Gasteiger partial charge in [-0.3, -0.25) is 10.6 Å². The molecule has 5 nitrogen and oxygen atoms in total. The van der Waals surface area contributed by atoms with Crippen LogP contribution in [0.2, 0.25) is 0 Å². The summed E-state index contributed by atoms with van der Waals surface area (Å²) < 4.78 is 0. The van der Waals surface area contributed by atoms with E-state index in [-0.39, 0.29) is 5.91 Å². The molecular weight excluding hydrogens is 228 g/mol. The first-order valence-corrected chi connectivity index (χ1v) is 6.13. The SMILES string of the molecule is CN(C)CCCCNC(=O)c1ccc(NN)cc1. The normalized spacial score (nSPS) is 10.4. The van der Waals surface area contributed by atoms with Crippen LogP contribution < -0.4 is 16.6 Å². The number of nitrogens with one attached hydrogen (secondary N) is 2. The average Bonchev–Trinajstić information content (AvgIpc) is 2.38. The van der Waals surface area contributed by atoms with Crippen LogP contribution in [0.3, 0.4) is 0 Å². The van der Waals surface area contributed by atoms with Gasteiger partial charge in [0.15, 0.2) is 0 Å². The second-order valence-corrected chi connectivity index (χ2v) is 4.49. The monoisotopic (exact) mass is 250 g/mol. The molecular formula is C13H22N4O. The molecule has 1 aromatic rings. The van der Waals surface area contributed by atoms with Gasteiger partial charge >= 0.3 is 0 Å². The van der Waals surface area contributed by atoms with Gasteiger partial charge in [-0.2, -0.15) is 0 Å². The van der Waals surface area contributed by atoms with E-state index in [4.69, 9.17) is 5.84 Å². The largest absolute Gasteiger partial charge is 0.352 e. The number of nitrogens with zero attached hydrogens (tertiary/aromatic N) is 1. The maximum absolute atomic E-state index is 11.8. The van der Waals surface area contributed by atoms with Crippen molar-refractivity contribution in [2.75, 3.05) is 32.6 Å². The van der Waals surface area contributed by atoms with E-state index < -0.39 is 0 Å². The lowest BCUT2D eigenvalue weighted by molar-refractivity contribution is 0.0953. The Morgan fingerprint density at radius 2 is 1.89 bits per heavy atom. The van der Waals surface area contributed by atoms with Crippen LogP contribution >= 0.6 is 0 Å². The highest BCUT2D eigenvalue weighted by Crippen LogP contribution is 2.07. The molecule has 4 N–H and O–H groups in total. The van der Waals surface area contributed by atoms with Gasteiger partial charge in [0.05, 0.1) is 0 Å². The molecule has 100 valence electrons. The fourth-order valence-corrected chi connectivity index (χ4v) is 1.57. The number of nitrogens with two attached hydrogens (primary N) is 1. The third kappa shape index (κ3) is 5.16. The van der Waals surface area contributed by atoms with Crippen LogP contribution in [0.5, 0.6) is 0 Å². The lowest BCUT2D eigenvalue weighted by atomic mass is 10.2. The zero-order chi connectivity index (χ0) is 13.4. The van der Waals surface area contributed by atoms with E-state index in [1.54, 1.807) is 24.3 Å². The average molecular weight is 250 g/mol. The van der Waals surface area contributed by atoms with Crippen LogP contribution in [0.25, 0.3) is 0 Å². The molecule has 18 heavy (non-hydrogen) atoms. The second kappa shape index (κ2) is 7.68. The Balaban J connectivity index is 2.27. The smallest absolute Gasteiger partial charge is 0.251 e. The molecule has 0 aromatic heterocycles. The van der Waals surface area contributed by atoms with Crippen LogP contribution in [-0.4, -0.2) is 38.0 Å².